The van der Waals surface area contributed by atoms with Crippen molar-refractivity contribution < 1.29 is 0 Å². The van der Waals surface area contributed by atoms with Crippen LogP contribution in [0, 0.1) is 0 Å². The van der Waals surface area contributed by atoms with Crippen molar-refractivity contribution >= 4 is 44.9 Å². The third-order valence-electron chi connectivity index (χ3n) is 8.60. The largest absolute Gasteiger partial charge is 0.143 e. The first-order chi connectivity index (χ1) is 21.3. The highest BCUT2D eigenvalue weighted by Crippen LogP contribution is 2.46. The molecule has 0 spiro atoms. The third-order valence-corrected chi connectivity index (χ3v) is 8.99. The van der Waals surface area contributed by atoms with Crippen molar-refractivity contribution in [2.45, 2.75) is 4.90 Å². The molecule has 8 aromatic carbocycles. The van der Waals surface area contributed by atoms with E-state index in [4.69, 9.17) is 12.6 Å². The van der Waals surface area contributed by atoms with Crippen LogP contribution in [-0.4, -0.2) is 0 Å². The van der Waals surface area contributed by atoms with Gasteiger partial charge < -0.3 is 0 Å². The van der Waals surface area contributed by atoms with Gasteiger partial charge in [-0.2, -0.15) is 0 Å². The van der Waals surface area contributed by atoms with Crippen molar-refractivity contribution in [1.82, 2.24) is 0 Å². The molecule has 0 aromatic heterocycles. The second kappa shape index (κ2) is 10.6. The molecule has 0 unspecified atom stereocenters. The molecular weight excluding hydrogens is 537 g/mol. The summed E-state index contributed by atoms with van der Waals surface area (Å²) in [6.45, 7) is 0. The second-order valence-corrected chi connectivity index (χ2v) is 11.5. The fraction of sp³-hybridized carbons (Fsp3) is 0. The highest BCUT2D eigenvalue weighted by atomic mass is 32.1. The molecule has 0 nitrogen and oxygen atoms in total. The molecule has 0 aliphatic heterocycles. The normalized spacial score (nSPS) is 11.4. The Morgan fingerprint density at radius 3 is 1.28 bits per heavy atom. The summed E-state index contributed by atoms with van der Waals surface area (Å²) in [4.78, 5) is 0.987. The summed E-state index contributed by atoms with van der Waals surface area (Å²) in [5.41, 5.74) is 9.83. The van der Waals surface area contributed by atoms with Gasteiger partial charge in [-0.15, -0.1) is 12.6 Å². The zero-order valence-electron chi connectivity index (χ0n) is 23.5. The maximum atomic E-state index is 4.70. The Labute approximate surface area is 257 Å². The van der Waals surface area contributed by atoms with Crippen molar-refractivity contribution in [3.05, 3.63) is 164 Å². The number of thiol groups is 1. The van der Waals surface area contributed by atoms with Crippen molar-refractivity contribution in [2.24, 2.45) is 0 Å². The second-order valence-electron chi connectivity index (χ2n) is 11.0. The predicted molar refractivity (Wildman–Crippen MR) is 188 cm³/mol. The molecule has 0 heterocycles. The Kier molecular flexibility index (Phi) is 6.32. The molecule has 0 radical (unpaired) electrons. The molecule has 0 N–H and O–H groups in total. The quantitative estimate of drug-likeness (QED) is 0.159. The van der Waals surface area contributed by atoms with Crippen LogP contribution in [0.5, 0.6) is 0 Å². The van der Waals surface area contributed by atoms with Crippen molar-refractivity contribution in [2.75, 3.05) is 0 Å². The lowest BCUT2D eigenvalue weighted by atomic mass is 9.83. The molecule has 0 fully saturated rings. The Hall–Kier alpha value is -5.11. The number of rotatable bonds is 4. The number of hydrogen-bond acceptors (Lipinski definition) is 1. The lowest BCUT2D eigenvalue weighted by Gasteiger charge is -2.20. The average molecular weight is 565 g/mol. The van der Waals surface area contributed by atoms with Gasteiger partial charge in [0.15, 0.2) is 0 Å². The number of benzene rings is 8. The van der Waals surface area contributed by atoms with E-state index in [1.165, 1.54) is 71.3 Å². The van der Waals surface area contributed by atoms with Crippen LogP contribution < -0.4 is 0 Å². The van der Waals surface area contributed by atoms with E-state index in [9.17, 15) is 0 Å². The van der Waals surface area contributed by atoms with Crippen molar-refractivity contribution in [3.8, 4) is 44.5 Å². The first-order valence-electron chi connectivity index (χ1n) is 14.7. The topological polar surface area (TPSA) is 0 Å². The lowest BCUT2D eigenvalue weighted by molar-refractivity contribution is 1.46. The monoisotopic (exact) mass is 564 g/mol. The van der Waals surface area contributed by atoms with Crippen LogP contribution in [0.4, 0.5) is 0 Å². The van der Waals surface area contributed by atoms with Crippen LogP contribution in [0.25, 0.3) is 76.8 Å². The van der Waals surface area contributed by atoms with E-state index in [0.29, 0.717) is 0 Å². The maximum absolute atomic E-state index is 4.70. The fourth-order valence-corrected chi connectivity index (χ4v) is 6.94. The average Bonchev–Trinajstić information content (AvgIpc) is 3.08. The zero-order valence-corrected chi connectivity index (χ0v) is 24.4. The molecule has 0 aliphatic rings. The highest BCUT2D eigenvalue weighted by molar-refractivity contribution is 7.80. The van der Waals surface area contributed by atoms with Gasteiger partial charge in [-0.05, 0) is 82.9 Å². The standard InChI is InChI=1S/C42H28S/c43-40-21-11-10-14-32(40)29-22-24-30(25-23-29)41-35-17-6-8-19-37(35)42(38-20-9-7-18-36(38)41)39-27-26-31(28-12-2-1-3-13-28)33-15-4-5-16-34(33)39/h1-27,43H. The van der Waals surface area contributed by atoms with Crippen LogP contribution in [0.1, 0.15) is 0 Å². The Morgan fingerprint density at radius 2 is 0.674 bits per heavy atom. The summed E-state index contributed by atoms with van der Waals surface area (Å²) in [7, 11) is 0. The zero-order chi connectivity index (χ0) is 28.8. The lowest BCUT2D eigenvalue weighted by Crippen LogP contribution is -1.92. The smallest absolute Gasteiger partial charge is 0.0119 e. The fourth-order valence-electron chi connectivity index (χ4n) is 6.65. The molecule has 8 rings (SSSR count). The molecule has 0 amide bonds. The van der Waals surface area contributed by atoms with E-state index in [1.54, 1.807) is 0 Å². The Bertz CT molecular complexity index is 2220. The summed E-state index contributed by atoms with van der Waals surface area (Å²) >= 11 is 4.70. The van der Waals surface area contributed by atoms with E-state index in [0.717, 1.165) is 10.5 Å². The van der Waals surface area contributed by atoms with Gasteiger partial charge in [0.25, 0.3) is 0 Å². The van der Waals surface area contributed by atoms with Gasteiger partial charge in [-0.1, -0.05) is 158 Å². The molecule has 8 aromatic rings. The molecule has 0 saturated heterocycles. The van der Waals surface area contributed by atoms with E-state index < -0.39 is 0 Å². The number of hydrogen-bond donors (Lipinski definition) is 1. The van der Waals surface area contributed by atoms with Gasteiger partial charge in [0.05, 0.1) is 0 Å². The van der Waals surface area contributed by atoms with E-state index >= 15 is 0 Å². The molecule has 202 valence electrons. The van der Waals surface area contributed by atoms with E-state index in [1.807, 2.05) is 12.1 Å². The van der Waals surface area contributed by atoms with Crippen LogP contribution in [0.2, 0.25) is 0 Å². The van der Waals surface area contributed by atoms with Crippen LogP contribution in [0.3, 0.4) is 0 Å². The number of fused-ring (bicyclic) bond motifs is 3. The minimum atomic E-state index is 0.987. The molecule has 43 heavy (non-hydrogen) atoms. The van der Waals surface area contributed by atoms with E-state index in [-0.39, 0.29) is 0 Å². The van der Waals surface area contributed by atoms with Gasteiger partial charge in [-0.25, -0.2) is 0 Å². The molecule has 0 saturated carbocycles. The van der Waals surface area contributed by atoms with Gasteiger partial charge in [-0.3, -0.25) is 0 Å². The van der Waals surface area contributed by atoms with Crippen LogP contribution >= 0.6 is 12.6 Å². The van der Waals surface area contributed by atoms with Gasteiger partial charge in [0.2, 0.25) is 0 Å². The van der Waals surface area contributed by atoms with Crippen LogP contribution in [0.15, 0.2) is 169 Å². The molecule has 1 heteroatoms. The summed E-state index contributed by atoms with van der Waals surface area (Å²) in [5.74, 6) is 0. The van der Waals surface area contributed by atoms with Gasteiger partial charge in [0.1, 0.15) is 0 Å². The van der Waals surface area contributed by atoms with Gasteiger partial charge >= 0.3 is 0 Å². The Balaban J connectivity index is 1.40. The highest BCUT2D eigenvalue weighted by Gasteiger charge is 2.19. The summed E-state index contributed by atoms with van der Waals surface area (Å²) < 4.78 is 0. The molecular formula is C42H28S. The predicted octanol–water partition coefficient (Wildman–Crippen LogP) is 12.1. The van der Waals surface area contributed by atoms with Crippen LogP contribution in [-0.2, 0) is 0 Å². The molecule has 0 bridgehead atoms. The molecule has 0 aliphatic carbocycles. The molecule has 0 atom stereocenters. The van der Waals surface area contributed by atoms with Crippen molar-refractivity contribution in [3.63, 3.8) is 0 Å². The van der Waals surface area contributed by atoms with Crippen molar-refractivity contribution in [1.29, 1.82) is 0 Å². The Morgan fingerprint density at radius 1 is 0.256 bits per heavy atom. The first-order valence-corrected chi connectivity index (χ1v) is 15.1. The summed E-state index contributed by atoms with van der Waals surface area (Å²) in [6, 6.07) is 59.1. The summed E-state index contributed by atoms with van der Waals surface area (Å²) in [5, 5.41) is 7.58. The van der Waals surface area contributed by atoms with Gasteiger partial charge in [0, 0.05) is 4.90 Å². The minimum Gasteiger partial charge on any atom is -0.143 e. The van der Waals surface area contributed by atoms with E-state index in [2.05, 4.69) is 152 Å². The first kappa shape index (κ1) is 25.6. The SMILES string of the molecule is Sc1ccccc1-c1ccc(-c2c3ccccc3c(-c3ccc(-c4ccccc4)c4ccccc34)c3ccccc23)cc1. The maximum Gasteiger partial charge on any atom is 0.0119 e. The minimum absolute atomic E-state index is 0.987. The third kappa shape index (κ3) is 4.33. The summed E-state index contributed by atoms with van der Waals surface area (Å²) in [6.07, 6.45) is 0.